The van der Waals surface area contributed by atoms with Crippen LogP contribution in [0.25, 0.3) is 11.2 Å². The molecule has 0 aliphatic carbocycles. The minimum Gasteiger partial charge on any atom is -0.464 e. The molecule has 0 aromatic carbocycles. The molecule has 3 aromatic rings. The third kappa shape index (κ3) is 2.12. The first kappa shape index (κ1) is 13.2. The summed E-state index contributed by atoms with van der Waals surface area (Å²) in [6, 6.07) is 3.97. The normalized spacial score (nSPS) is 11.6. The molecule has 0 bridgehead atoms. The smallest absolute Gasteiger partial charge is 0.159 e. The maximum atomic E-state index is 5.89. The lowest BCUT2D eigenvalue weighted by Crippen LogP contribution is -2.08. The zero-order valence-corrected chi connectivity index (χ0v) is 12.6. The van der Waals surface area contributed by atoms with E-state index in [0.29, 0.717) is 12.4 Å². The van der Waals surface area contributed by atoms with Gasteiger partial charge in [0.25, 0.3) is 0 Å². The molecule has 0 amide bonds. The number of hydrogen-bond donors (Lipinski definition) is 0. The summed E-state index contributed by atoms with van der Waals surface area (Å²) >= 11 is 5.89. The summed E-state index contributed by atoms with van der Waals surface area (Å²) in [5, 5.41) is 4.43. The highest BCUT2D eigenvalue weighted by atomic mass is 35.5. The molecule has 0 saturated carbocycles. The van der Waals surface area contributed by atoms with Crippen LogP contribution in [0.2, 0.25) is 0 Å². The van der Waals surface area contributed by atoms with Crippen LogP contribution in [0, 0.1) is 13.8 Å². The van der Waals surface area contributed by atoms with Gasteiger partial charge in [0.15, 0.2) is 5.65 Å². The van der Waals surface area contributed by atoms with Gasteiger partial charge in [0.05, 0.1) is 12.2 Å². The van der Waals surface area contributed by atoms with Gasteiger partial charge < -0.3 is 8.98 Å². The Morgan fingerprint density at radius 3 is 2.75 bits per heavy atom. The second-order valence-electron chi connectivity index (χ2n) is 4.95. The van der Waals surface area contributed by atoms with Gasteiger partial charge in [-0.2, -0.15) is 5.10 Å². The number of imidazole rings is 1. The molecule has 0 aliphatic rings. The van der Waals surface area contributed by atoms with Crippen LogP contribution in [-0.4, -0.2) is 25.2 Å². The van der Waals surface area contributed by atoms with Crippen molar-refractivity contribution in [2.75, 3.05) is 5.88 Å². The molecule has 6 heteroatoms. The van der Waals surface area contributed by atoms with Crippen molar-refractivity contribution in [3.8, 4) is 0 Å². The van der Waals surface area contributed by atoms with Crippen molar-refractivity contribution in [1.82, 2.24) is 19.3 Å². The third-order valence-corrected chi connectivity index (χ3v) is 3.59. The fraction of sp³-hybridized carbons (Fsp3) is 0.429. The van der Waals surface area contributed by atoms with Crippen molar-refractivity contribution in [3.05, 3.63) is 35.2 Å². The number of nitrogens with zero attached hydrogens (tertiary/aromatic N) is 4. The Bertz CT molecular complexity index is 753. The van der Waals surface area contributed by atoms with Gasteiger partial charge in [0, 0.05) is 19.3 Å². The van der Waals surface area contributed by atoms with E-state index < -0.39 is 0 Å². The number of alkyl halides is 1. The minimum atomic E-state index is 0.549. The van der Waals surface area contributed by atoms with Crippen LogP contribution in [0.15, 0.2) is 16.5 Å². The van der Waals surface area contributed by atoms with Crippen molar-refractivity contribution in [2.24, 2.45) is 7.05 Å². The number of aryl methyl sites for hydroxylation is 4. The van der Waals surface area contributed by atoms with E-state index in [-0.39, 0.29) is 0 Å². The summed E-state index contributed by atoms with van der Waals surface area (Å²) in [7, 11) is 1.94. The third-order valence-electron chi connectivity index (χ3n) is 3.40. The molecular weight excluding hydrogens is 276 g/mol. The number of rotatable bonds is 4. The van der Waals surface area contributed by atoms with E-state index >= 15 is 0 Å². The average molecular weight is 293 g/mol. The lowest BCUT2D eigenvalue weighted by atomic mass is 10.4. The topological polar surface area (TPSA) is 48.8 Å². The second-order valence-corrected chi connectivity index (χ2v) is 5.32. The molecule has 0 atom stereocenters. The monoisotopic (exact) mass is 292 g/mol. The number of halogens is 1. The second kappa shape index (κ2) is 4.98. The molecule has 3 aromatic heterocycles. The summed E-state index contributed by atoms with van der Waals surface area (Å²) < 4.78 is 9.68. The van der Waals surface area contributed by atoms with E-state index in [2.05, 4.69) is 14.6 Å². The molecule has 3 rings (SSSR count). The zero-order valence-electron chi connectivity index (χ0n) is 11.9. The molecule has 0 fully saturated rings. The van der Waals surface area contributed by atoms with Crippen molar-refractivity contribution in [2.45, 2.75) is 26.8 Å². The molecule has 5 nitrogen and oxygen atoms in total. The molecule has 0 spiro atoms. The zero-order chi connectivity index (χ0) is 14.3. The van der Waals surface area contributed by atoms with Gasteiger partial charge >= 0.3 is 0 Å². The first-order valence-corrected chi connectivity index (χ1v) is 7.13. The predicted molar refractivity (Wildman–Crippen MR) is 78.2 cm³/mol. The summed E-state index contributed by atoms with van der Waals surface area (Å²) in [4.78, 5) is 4.68. The SMILES string of the molecule is Cc1ccc(Cn2c(CCCl)nc3c(C)nn(C)c32)o1. The van der Waals surface area contributed by atoms with Crippen LogP contribution in [0.3, 0.4) is 0 Å². The van der Waals surface area contributed by atoms with E-state index in [4.69, 9.17) is 16.0 Å². The highest BCUT2D eigenvalue weighted by Gasteiger charge is 2.17. The minimum absolute atomic E-state index is 0.549. The molecule has 106 valence electrons. The van der Waals surface area contributed by atoms with E-state index in [1.807, 2.05) is 37.7 Å². The van der Waals surface area contributed by atoms with Gasteiger partial charge in [-0.1, -0.05) is 0 Å². The quantitative estimate of drug-likeness (QED) is 0.695. The Kier molecular flexibility index (Phi) is 3.30. The number of furan rings is 1. The van der Waals surface area contributed by atoms with E-state index in [1.165, 1.54) is 0 Å². The van der Waals surface area contributed by atoms with E-state index in [1.54, 1.807) is 0 Å². The van der Waals surface area contributed by atoms with Crippen molar-refractivity contribution >= 4 is 22.8 Å². The lowest BCUT2D eigenvalue weighted by Gasteiger charge is -2.07. The maximum Gasteiger partial charge on any atom is 0.159 e. The van der Waals surface area contributed by atoms with Crippen LogP contribution in [0.1, 0.15) is 23.0 Å². The van der Waals surface area contributed by atoms with Gasteiger partial charge in [0.1, 0.15) is 22.9 Å². The summed E-state index contributed by atoms with van der Waals surface area (Å²) in [6.07, 6.45) is 0.732. The van der Waals surface area contributed by atoms with Gasteiger partial charge in [-0.25, -0.2) is 4.98 Å². The Morgan fingerprint density at radius 1 is 1.30 bits per heavy atom. The fourth-order valence-electron chi connectivity index (χ4n) is 2.55. The average Bonchev–Trinajstić information content (AvgIpc) is 3.02. The van der Waals surface area contributed by atoms with E-state index in [9.17, 15) is 0 Å². The largest absolute Gasteiger partial charge is 0.464 e. The van der Waals surface area contributed by atoms with Crippen LogP contribution in [-0.2, 0) is 20.0 Å². The van der Waals surface area contributed by atoms with Gasteiger partial charge in [-0.05, 0) is 26.0 Å². The van der Waals surface area contributed by atoms with Crippen molar-refractivity contribution in [3.63, 3.8) is 0 Å². The first-order chi connectivity index (χ1) is 9.60. The molecule has 0 unspecified atom stereocenters. The lowest BCUT2D eigenvalue weighted by molar-refractivity contribution is 0.467. The Labute approximate surface area is 122 Å². The Hall–Kier alpha value is -1.75. The number of aromatic nitrogens is 4. The summed E-state index contributed by atoms with van der Waals surface area (Å²) in [5.74, 6) is 3.35. The Morgan fingerprint density at radius 2 is 2.10 bits per heavy atom. The van der Waals surface area contributed by atoms with Crippen molar-refractivity contribution in [1.29, 1.82) is 0 Å². The van der Waals surface area contributed by atoms with Gasteiger partial charge in [-0.15, -0.1) is 11.6 Å². The summed E-state index contributed by atoms with van der Waals surface area (Å²) in [5.41, 5.74) is 2.89. The van der Waals surface area contributed by atoms with Crippen LogP contribution in [0.5, 0.6) is 0 Å². The molecule has 0 N–H and O–H groups in total. The predicted octanol–water partition coefficient (Wildman–Crippen LogP) is 2.81. The van der Waals surface area contributed by atoms with Gasteiger partial charge in [0.2, 0.25) is 0 Å². The fourth-order valence-corrected chi connectivity index (χ4v) is 2.72. The Balaban J connectivity index is 2.12. The molecule has 0 aliphatic heterocycles. The van der Waals surface area contributed by atoms with Crippen LogP contribution < -0.4 is 0 Å². The molecule has 20 heavy (non-hydrogen) atoms. The number of hydrogen-bond acceptors (Lipinski definition) is 3. The standard InChI is InChI=1S/C14H17ClN4O/c1-9-4-5-11(20-9)8-19-12(6-7-15)16-13-10(2)17-18(3)14(13)19/h4-5H,6-8H2,1-3H3. The summed E-state index contributed by atoms with van der Waals surface area (Å²) in [6.45, 7) is 4.57. The first-order valence-electron chi connectivity index (χ1n) is 6.60. The van der Waals surface area contributed by atoms with Crippen molar-refractivity contribution < 1.29 is 4.42 Å². The van der Waals surface area contributed by atoms with E-state index in [0.717, 1.165) is 40.6 Å². The van der Waals surface area contributed by atoms with Crippen LogP contribution in [0.4, 0.5) is 0 Å². The molecular formula is C14H17ClN4O. The highest BCUT2D eigenvalue weighted by Crippen LogP contribution is 2.21. The molecule has 3 heterocycles. The van der Waals surface area contributed by atoms with Crippen LogP contribution >= 0.6 is 11.6 Å². The molecule has 0 radical (unpaired) electrons. The maximum absolute atomic E-state index is 5.89. The molecule has 0 saturated heterocycles. The number of fused-ring (bicyclic) bond motifs is 1. The van der Waals surface area contributed by atoms with Gasteiger partial charge in [-0.3, -0.25) is 4.68 Å². The highest BCUT2D eigenvalue weighted by molar-refractivity contribution is 6.17.